The number of aromatic nitrogens is 2. The maximum atomic E-state index is 12.5. The molecule has 3 fully saturated rings. The van der Waals surface area contributed by atoms with E-state index in [-0.39, 0.29) is 17.8 Å². The molecule has 2 aromatic rings. The Bertz CT molecular complexity index is 793. The summed E-state index contributed by atoms with van der Waals surface area (Å²) in [5, 5.41) is 11.1. The number of carbonyl (C=O) groups excluding carboxylic acids is 1. The number of nitrogens with one attached hydrogen (secondary N) is 1. The lowest BCUT2D eigenvalue weighted by molar-refractivity contribution is -0.133. The summed E-state index contributed by atoms with van der Waals surface area (Å²) in [6.07, 6.45) is 7.30. The van der Waals surface area contributed by atoms with Gasteiger partial charge in [-0.3, -0.25) is 4.79 Å². The third-order valence-corrected chi connectivity index (χ3v) is 5.90. The Labute approximate surface area is 178 Å². The zero-order chi connectivity index (χ0) is 21.6. The molecule has 2 saturated carbocycles. The van der Waals surface area contributed by atoms with Crippen molar-refractivity contribution in [2.45, 2.75) is 71.3 Å². The molecule has 1 spiro atoms. The summed E-state index contributed by atoms with van der Waals surface area (Å²) in [5.74, 6) is 1.10. The Morgan fingerprint density at radius 2 is 1.77 bits per heavy atom. The number of halogens is 1. The van der Waals surface area contributed by atoms with Crippen LogP contribution in [0.3, 0.4) is 0 Å². The van der Waals surface area contributed by atoms with E-state index in [1.807, 2.05) is 25.7 Å². The number of likely N-dealkylation sites (tertiary alicyclic amines) is 1. The third-order valence-electron chi connectivity index (χ3n) is 5.90. The van der Waals surface area contributed by atoms with Crippen molar-refractivity contribution in [1.29, 1.82) is 0 Å². The SMILES string of the molecule is CC.CC(Nc1nnc(C2CC2)o1)C(=O)N1CCC2(CC1)CC2.Fc1ccccc1. The molecule has 1 atom stereocenters. The first kappa shape index (κ1) is 22.2. The van der Waals surface area contributed by atoms with Gasteiger partial charge in [0.1, 0.15) is 11.9 Å². The van der Waals surface area contributed by atoms with E-state index in [4.69, 9.17) is 4.42 Å². The topological polar surface area (TPSA) is 71.3 Å². The minimum Gasteiger partial charge on any atom is -0.408 e. The summed E-state index contributed by atoms with van der Waals surface area (Å²) in [5.41, 5.74) is 0.596. The van der Waals surface area contributed by atoms with Gasteiger partial charge in [0.25, 0.3) is 0 Å². The zero-order valence-corrected chi connectivity index (χ0v) is 18.2. The molecule has 2 heterocycles. The van der Waals surface area contributed by atoms with E-state index in [1.165, 1.54) is 25.0 Å². The van der Waals surface area contributed by atoms with Gasteiger partial charge in [-0.15, -0.1) is 5.10 Å². The Morgan fingerprint density at radius 3 is 2.27 bits per heavy atom. The first-order chi connectivity index (χ1) is 14.5. The van der Waals surface area contributed by atoms with E-state index in [9.17, 15) is 9.18 Å². The maximum Gasteiger partial charge on any atom is 0.316 e. The fourth-order valence-corrected chi connectivity index (χ4v) is 3.60. The first-order valence-electron chi connectivity index (χ1n) is 11.1. The summed E-state index contributed by atoms with van der Waals surface area (Å²) in [6, 6.07) is 7.99. The molecule has 1 saturated heterocycles. The van der Waals surface area contributed by atoms with Crippen molar-refractivity contribution in [3.63, 3.8) is 0 Å². The highest BCUT2D eigenvalue weighted by molar-refractivity contribution is 5.83. The van der Waals surface area contributed by atoms with Gasteiger partial charge in [-0.2, -0.15) is 0 Å². The number of anilines is 1. The van der Waals surface area contributed by atoms with Crippen LogP contribution in [-0.4, -0.2) is 40.1 Å². The van der Waals surface area contributed by atoms with Gasteiger partial charge in [-0.1, -0.05) is 37.1 Å². The van der Waals surface area contributed by atoms with Gasteiger partial charge in [0.05, 0.1) is 0 Å². The minimum absolute atomic E-state index is 0.136. The molecule has 1 aliphatic heterocycles. The lowest BCUT2D eigenvalue weighted by Gasteiger charge is -2.33. The standard InChI is InChI=1S/C15H22N4O2.C6H5F.C2H6/c1-10(16-14-18-17-12(21-14)11-2-3-11)13(20)19-8-6-15(4-5-15)7-9-19;7-6-4-2-1-3-5-6;1-2/h10-11H,2-9H2,1H3,(H,16,18);1-5H;1-2H3. The van der Waals surface area contributed by atoms with Crippen molar-refractivity contribution in [1.82, 2.24) is 15.1 Å². The fraction of sp³-hybridized carbons (Fsp3) is 0.609. The second-order valence-corrected chi connectivity index (χ2v) is 8.21. The van der Waals surface area contributed by atoms with Crippen molar-refractivity contribution in [3.05, 3.63) is 42.0 Å². The first-order valence-corrected chi connectivity index (χ1v) is 11.1. The van der Waals surface area contributed by atoms with Crippen LogP contribution in [-0.2, 0) is 4.79 Å². The smallest absolute Gasteiger partial charge is 0.316 e. The molecule has 1 aromatic carbocycles. The van der Waals surface area contributed by atoms with E-state index >= 15 is 0 Å². The van der Waals surface area contributed by atoms with Gasteiger partial charge in [-0.05, 0) is 63.0 Å². The Balaban J connectivity index is 0.000000241. The second kappa shape index (κ2) is 10.0. The Kier molecular flexibility index (Phi) is 7.45. The molecule has 1 amide bonds. The van der Waals surface area contributed by atoms with Crippen LogP contribution in [0.25, 0.3) is 0 Å². The molecule has 0 radical (unpaired) electrons. The van der Waals surface area contributed by atoms with Crippen molar-refractivity contribution >= 4 is 11.9 Å². The van der Waals surface area contributed by atoms with Gasteiger partial charge in [0.2, 0.25) is 11.8 Å². The molecule has 6 nitrogen and oxygen atoms in total. The molecule has 164 valence electrons. The van der Waals surface area contributed by atoms with Crippen molar-refractivity contribution in [3.8, 4) is 0 Å². The van der Waals surface area contributed by atoms with E-state index < -0.39 is 0 Å². The number of carbonyl (C=O) groups is 1. The minimum atomic E-state index is -0.314. The summed E-state index contributed by atoms with van der Waals surface area (Å²) < 4.78 is 17.5. The van der Waals surface area contributed by atoms with E-state index in [0.717, 1.165) is 38.8 Å². The van der Waals surface area contributed by atoms with Crippen LogP contribution in [0.4, 0.5) is 10.4 Å². The number of hydrogen-bond donors (Lipinski definition) is 1. The summed E-state index contributed by atoms with van der Waals surface area (Å²) in [6.45, 7) is 7.65. The van der Waals surface area contributed by atoms with Gasteiger partial charge in [-0.25, -0.2) is 4.39 Å². The van der Waals surface area contributed by atoms with Crippen LogP contribution in [0, 0.1) is 11.2 Å². The molecular weight excluding hydrogens is 383 g/mol. The highest BCUT2D eigenvalue weighted by Gasteiger charge is 2.45. The average Bonchev–Trinajstić information content (AvgIpc) is 3.71. The molecule has 2 aliphatic carbocycles. The summed E-state index contributed by atoms with van der Waals surface area (Å²) in [4.78, 5) is 14.4. The lowest BCUT2D eigenvalue weighted by Crippen LogP contribution is -2.45. The maximum absolute atomic E-state index is 12.5. The number of nitrogens with zero attached hydrogens (tertiary/aromatic N) is 3. The largest absolute Gasteiger partial charge is 0.408 e. The molecule has 0 bridgehead atoms. The van der Waals surface area contributed by atoms with Crippen LogP contribution in [0.1, 0.15) is 71.1 Å². The fourth-order valence-electron chi connectivity index (χ4n) is 3.60. The highest BCUT2D eigenvalue weighted by Crippen LogP contribution is 2.53. The van der Waals surface area contributed by atoms with Gasteiger partial charge in [0.15, 0.2) is 0 Å². The van der Waals surface area contributed by atoms with Gasteiger partial charge in [0, 0.05) is 19.0 Å². The predicted octanol–water partition coefficient (Wildman–Crippen LogP) is 5.00. The van der Waals surface area contributed by atoms with Crippen LogP contribution < -0.4 is 5.32 Å². The molecule has 30 heavy (non-hydrogen) atoms. The monoisotopic (exact) mass is 416 g/mol. The molecule has 1 aromatic heterocycles. The number of amides is 1. The van der Waals surface area contributed by atoms with Gasteiger partial charge < -0.3 is 14.6 Å². The second-order valence-electron chi connectivity index (χ2n) is 8.21. The normalized spacial score (nSPS) is 19.7. The lowest BCUT2D eigenvalue weighted by atomic mass is 9.93. The molecule has 1 N–H and O–H groups in total. The Morgan fingerprint density at radius 1 is 1.13 bits per heavy atom. The number of rotatable bonds is 4. The van der Waals surface area contributed by atoms with Crippen LogP contribution in [0.15, 0.2) is 34.7 Å². The zero-order valence-electron chi connectivity index (χ0n) is 18.2. The molecule has 1 unspecified atom stereocenters. The van der Waals surface area contributed by atoms with Crippen molar-refractivity contribution < 1.29 is 13.6 Å². The summed E-state index contributed by atoms with van der Waals surface area (Å²) >= 11 is 0. The van der Waals surface area contributed by atoms with Crippen LogP contribution in [0.5, 0.6) is 0 Å². The van der Waals surface area contributed by atoms with Crippen LogP contribution in [0.2, 0.25) is 0 Å². The third kappa shape index (κ3) is 6.03. The predicted molar refractivity (Wildman–Crippen MR) is 115 cm³/mol. The quantitative estimate of drug-likeness (QED) is 0.759. The average molecular weight is 417 g/mol. The van der Waals surface area contributed by atoms with Crippen LogP contribution >= 0.6 is 0 Å². The van der Waals surface area contributed by atoms with Crippen molar-refractivity contribution in [2.24, 2.45) is 5.41 Å². The van der Waals surface area contributed by atoms with Crippen molar-refractivity contribution in [2.75, 3.05) is 18.4 Å². The molecule has 3 aliphatic rings. The summed E-state index contributed by atoms with van der Waals surface area (Å²) in [7, 11) is 0. The van der Waals surface area contributed by atoms with Gasteiger partial charge >= 0.3 is 6.01 Å². The van der Waals surface area contributed by atoms with E-state index in [0.29, 0.717) is 23.2 Å². The molecular formula is C23H33FN4O2. The molecule has 5 rings (SSSR count). The highest BCUT2D eigenvalue weighted by atomic mass is 19.1. The van der Waals surface area contributed by atoms with E-state index in [1.54, 1.807) is 18.2 Å². The molecule has 7 heteroatoms. The number of benzene rings is 1. The number of piperidine rings is 1. The Hall–Kier alpha value is -2.44. The number of hydrogen-bond acceptors (Lipinski definition) is 5. The van der Waals surface area contributed by atoms with E-state index in [2.05, 4.69) is 15.5 Å².